The maximum atomic E-state index is 11.6. The molecule has 16 heavy (non-hydrogen) atoms. The summed E-state index contributed by atoms with van der Waals surface area (Å²) in [6.07, 6.45) is 2.46. The molecule has 1 heterocycles. The van der Waals surface area contributed by atoms with Gasteiger partial charge in [-0.15, -0.1) is 6.58 Å². The van der Waals surface area contributed by atoms with Crippen molar-refractivity contribution >= 4 is 5.91 Å². The largest absolute Gasteiger partial charge is 0.350 e. The number of nitrogens with zero attached hydrogens (tertiary/aromatic N) is 2. The fourth-order valence-electron chi connectivity index (χ4n) is 1.18. The van der Waals surface area contributed by atoms with Crippen LogP contribution in [0.4, 0.5) is 0 Å². The average Bonchev–Trinajstić information content (AvgIpc) is 2.29. The van der Waals surface area contributed by atoms with Gasteiger partial charge in [0.1, 0.15) is 11.8 Å². The molecule has 1 aromatic heterocycles. The molecule has 1 amide bonds. The number of carbonyl (C=O) groups excluding carboxylic acids is 1. The lowest BCUT2D eigenvalue weighted by Crippen LogP contribution is -2.25. The number of nitriles is 1. The van der Waals surface area contributed by atoms with Crippen LogP contribution in [0, 0.1) is 18.3 Å². The zero-order valence-electron chi connectivity index (χ0n) is 9.16. The normalized spacial score (nSPS) is 9.25. The van der Waals surface area contributed by atoms with Gasteiger partial charge in [-0.25, -0.2) is 4.98 Å². The zero-order chi connectivity index (χ0) is 12.0. The van der Waals surface area contributed by atoms with Crippen molar-refractivity contribution in [2.24, 2.45) is 0 Å². The minimum atomic E-state index is -0.227. The fraction of sp³-hybridized carbons (Fsp3) is 0.250. The number of hydrogen-bond donors (Lipinski definition) is 1. The Morgan fingerprint density at radius 3 is 3.00 bits per heavy atom. The Balaban J connectivity index is 2.74. The second-order valence-corrected chi connectivity index (χ2v) is 3.27. The van der Waals surface area contributed by atoms with Gasteiger partial charge in [0.25, 0.3) is 5.91 Å². The molecule has 0 aliphatic carbocycles. The van der Waals surface area contributed by atoms with E-state index in [4.69, 9.17) is 5.26 Å². The Kier molecular flexibility index (Phi) is 4.22. The van der Waals surface area contributed by atoms with Gasteiger partial charge in [0.2, 0.25) is 0 Å². The predicted molar refractivity (Wildman–Crippen MR) is 60.8 cm³/mol. The van der Waals surface area contributed by atoms with Gasteiger partial charge in [-0.1, -0.05) is 6.08 Å². The van der Waals surface area contributed by atoms with Gasteiger partial charge in [-0.3, -0.25) is 4.79 Å². The highest BCUT2D eigenvalue weighted by atomic mass is 16.1. The van der Waals surface area contributed by atoms with Crippen LogP contribution in [0.5, 0.6) is 0 Å². The Bertz CT molecular complexity index is 446. The number of amides is 1. The number of nitrogens with one attached hydrogen (secondary N) is 1. The van der Waals surface area contributed by atoms with E-state index in [-0.39, 0.29) is 5.91 Å². The summed E-state index contributed by atoms with van der Waals surface area (Å²) in [6.45, 7) is 5.82. The third kappa shape index (κ3) is 2.92. The van der Waals surface area contributed by atoms with Crippen LogP contribution >= 0.6 is 0 Å². The quantitative estimate of drug-likeness (QED) is 0.612. The van der Waals surface area contributed by atoms with Gasteiger partial charge < -0.3 is 5.32 Å². The molecule has 0 bridgehead atoms. The van der Waals surface area contributed by atoms with Crippen molar-refractivity contribution in [1.29, 1.82) is 5.26 Å². The van der Waals surface area contributed by atoms with Gasteiger partial charge in [0.05, 0.1) is 11.3 Å². The summed E-state index contributed by atoms with van der Waals surface area (Å²) in [5.41, 5.74) is 1.39. The maximum absolute atomic E-state index is 11.6. The topological polar surface area (TPSA) is 65.8 Å². The monoisotopic (exact) mass is 215 g/mol. The lowest BCUT2D eigenvalue weighted by molar-refractivity contribution is 0.0949. The number of hydrogen-bond acceptors (Lipinski definition) is 3. The van der Waals surface area contributed by atoms with E-state index >= 15 is 0 Å². The maximum Gasteiger partial charge on any atom is 0.269 e. The molecule has 1 aromatic rings. The highest BCUT2D eigenvalue weighted by Crippen LogP contribution is 2.05. The van der Waals surface area contributed by atoms with Crippen molar-refractivity contribution < 1.29 is 4.79 Å². The Morgan fingerprint density at radius 1 is 1.69 bits per heavy atom. The smallest absolute Gasteiger partial charge is 0.269 e. The van der Waals surface area contributed by atoms with E-state index in [0.717, 1.165) is 6.42 Å². The molecule has 1 N–H and O–H groups in total. The Labute approximate surface area is 94.6 Å². The van der Waals surface area contributed by atoms with Crippen LogP contribution in [0.3, 0.4) is 0 Å². The second-order valence-electron chi connectivity index (χ2n) is 3.27. The molecule has 0 saturated heterocycles. The molecule has 82 valence electrons. The summed E-state index contributed by atoms with van der Waals surface area (Å²) in [5, 5.41) is 11.4. The molecule has 1 rings (SSSR count). The van der Waals surface area contributed by atoms with Crippen molar-refractivity contribution in [1.82, 2.24) is 10.3 Å². The van der Waals surface area contributed by atoms with E-state index in [2.05, 4.69) is 16.9 Å². The van der Waals surface area contributed by atoms with Gasteiger partial charge in [-0.05, 0) is 25.5 Å². The second kappa shape index (κ2) is 5.66. The van der Waals surface area contributed by atoms with E-state index in [9.17, 15) is 4.79 Å². The van der Waals surface area contributed by atoms with Gasteiger partial charge in [-0.2, -0.15) is 5.26 Å². The summed E-state index contributed by atoms with van der Waals surface area (Å²) >= 11 is 0. The summed E-state index contributed by atoms with van der Waals surface area (Å²) in [7, 11) is 0. The van der Waals surface area contributed by atoms with E-state index in [1.165, 1.54) is 0 Å². The lowest BCUT2D eigenvalue weighted by Gasteiger charge is -2.04. The number of pyridine rings is 1. The average molecular weight is 215 g/mol. The highest BCUT2D eigenvalue weighted by Gasteiger charge is 2.08. The third-order valence-electron chi connectivity index (χ3n) is 2.07. The van der Waals surface area contributed by atoms with Crippen LogP contribution in [-0.2, 0) is 0 Å². The van der Waals surface area contributed by atoms with Crippen LogP contribution in [0.2, 0.25) is 0 Å². The molecule has 4 heteroatoms. The molecule has 0 fully saturated rings. The third-order valence-corrected chi connectivity index (χ3v) is 2.07. The van der Waals surface area contributed by atoms with Crippen molar-refractivity contribution in [2.45, 2.75) is 13.3 Å². The number of aromatic nitrogens is 1. The highest BCUT2D eigenvalue weighted by molar-refractivity contribution is 5.92. The number of rotatable bonds is 4. The molecule has 0 radical (unpaired) electrons. The summed E-state index contributed by atoms with van der Waals surface area (Å²) in [5.74, 6) is -0.227. The van der Waals surface area contributed by atoms with Gasteiger partial charge in [0.15, 0.2) is 0 Å². The van der Waals surface area contributed by atoms with E-state index < -0.39 is 0 Å². The molecule has 0 saturated carbocycles. The van der Waals surface area contributed by atoms with Crippen molar-refractivity contribution in [3.05, 3.63) is 41.7 Å². The first-order valence-corrected chi connectivity index (χ1v) is 4.96. The van der Waals surface area contributed by atoms with Crippen LogP contribution in [-0.4, -0.2) is 17.4 Å². The molecule has 0 unspecified atom stereocenters. The van der Waals surface area contributed by atoms with Gasteiger partial charge in [0, 0.05) is 6.54 Å². The number of aryl methyl sites for hydroxylation is 1. The SMILES string of the molecule is C=CCCNC(=O)c1ccc(C#N)c(C)n1. The minimum absolute atomic E-state index is 0.227. The first-order chi connectivity index (χ1) is 7.69. The van der Waals surface area contributed by atoms with E-state index in [1.54, 1.807) is 25.1 Å². The summed E-state index contributed by atoms with van der Waals surface area (Å²) < 4.78 is 0. The van der Waals surface area contributed by atoms with Crippen molar-refractivity contribution in [3.63, 3.8) is 0 Å². The molecular weight excluding hydrogens is 202 g/mol. The first-order valence-electron chi connectivity index (χ1n) is 4.96. The standard InChI is InChI=1S/C12H13N3O/c1-3-4-7-14-12(16)11-6-5-10(8-13)9(2)15-11/h3,5-6H,1,4,7H2,2H3,(H,14,16). The minimum Gasteiger partial charge on any atom is -0.350 e. The molecule has 0 aliphatic rings. The molecule has 0 spiro atoms. The molecule has 4 nitrogen and oxygen atoms in total. The van der Waals surface area contributed by atoms with E-state index in [0.29, 0.717) is 23.5 Å². The summed E-state index contributed by atoms with van der Waals surface area (Å²) in [6, 6.07) is 5.16. The Hall–Kier alpha value is -2.15. The van der Waals surface area contributed by atoms with Gasteiger partial charge >= 0.3 is 0 Å². The summed E-state index contributed by atoms with van der Waals surface area (Å²) in [4.78, 5) is 15.6. The van der Waals surface area contributed by atoms with Crippen LogP contribution in [0.25, 0.3) is 0 Å². The molecule has 0 aromatic carbocycles. The Morgan fingerprint density at radius 2 is 2.44 bits per heavy atom. The van der Waals surface area contributed by atoms with Crippen molar-refractivity contribution in [2.75, 3.05) is 6.54 Å². The predicted octanol–water partition coefficient (Wildman–Crippen LogP) is 1.57. The van der Waals surface area contributed by atoms with E-state index in [1.807, 2.05) is 6.07 Å². The first kappa shape index (κ1) is 11.9. The molecule has 0 atom stereocenters. The molecule has 0 aliphatic heterocycles. The van der Waals surface area contributed by atoms with Crippen LogP contribution in [0.1, 0.15) is 28.2 Å². The lowest BCUT2D eigenvalue weighted by atomic mass is 10.2. The zero-order valence-corrected chi connectivity index (χ0v) is 9.16. The number of carbonyl (C=O) groups is 1. The molecular formula is C12H13N3O. The van der Waals surface area contributed by atoms with Crippen LogP contribution < -0.4 is 5.32 Å². The van der Waals surface area contributed by atoms with Crippen molar-refractivity contribution in [3.8, 4) is 6.07 Å². The van der Waals surface area contributed by atoms with Crippen LogP contribution in [0.15, 0.2) is 24.8 Å². The fourth-order valence-corrected chi connectivity index (χ4v) is 1.18.